The number of carbonyl (C=O) groups excluding carboxylic acids is 2. The van der Waals surface area contributed by atoms with Crippen LogP contribution in [-0.4, -0.2) is 31.5 Å². The van der Waals surface area contributed by atoms with Crippen LogP contribution in [0.3, 0.4) is 0 Å². The molecule has 0 aliphatic heterocycles. The zero-order chi connectivity index (χ0) is 25.4. The quantitative estimate of drug-likeness (QED) is 0.146. The van der Waals surface area contributed by atoms with E-state index >= 15 is 0 Å². The van der Waals surface area contributed by atoms with Gasteiger partial charge in [0.25, 0.3) is 0 Å². The Morgan fingerprint density at radius 1 is 1.24 bits per heavy atom. The van der Waals surface area contributed by atoms with E-state index in [2.05, 4.69) is 46.8 Å². The number of ketones is 1. The molecule has 1 N–H and O–H groups in total. The maximum atomic E-state index is 13.2. The van der Waals surface area contributed by atoms with Crippen molar-refractivity contribution >= 4 is 20.1 Å². The minimum atomic E-state index is -2.41. The predicted molar refractivity (Wildman–Crippen MR) is 141 cm³/mol. The first-order chi connectivity index (χ1) is 15.8. The second kappa shape index (κ2) is 10.2. The molecule has 194 valence electrons. The van der Waals surface area contributed by atoms with Gasteiger partial charge in [-0.25, -0.2) is 0 Å². The smallest absolute Gasteiger partial charge is 0.312 e. The zero-order valence-electron chi connectivity index (χ0n) is 22.9. The van der Waals surface area contributed by atoms with Crippen molar-refractivity contribution in [1.82, 2.24) is 0 Å². The van der Waals surface area contributed by atoms with Crippen LogP contribution in [0.1, 0.15) is 98.8 Å². The standard InChI is InChI=1S/C29H50O4Si/c1-8-9-19-33-26(31)29(17-18-29)22(20-27(3,4)34(6,7)32)13-12-21(2)23-14-15-24-25(30)11-10-16-28(23,24)5/h12-13,21-24,32H,8-11,14-20H2,1-7H3/b13-12+/t21-,22+,23-,24+,28-/m1/s1. The highest BCUT2D eigenvalue weighted by Crippen LogP contribution is 2.60. The molecule has 4 nitrogen and oxygen atoms in total. The van der Waals surface area contributed by atoms with Gasteiger partial charge in [-0.15, -0.1) is 0 Å². The molecule has 0 saturated heterocycles. The maximum absolute atomic E-state index is 13.2. The van der Waals surface area contributed by atoms with Crippen molar-refractivity contribution in [3.63, 3.8) is 0 Å². The van der Waals surface area contributed by atoms with Gasteiger partial charge < -0.3 is 9.53 Å². The number of unbranched alkanes of at least 4 members (excludes halogenated alkanes) is 1. The summed E-state index contributed by atoms with van der Waals surface area (Å²) in [5, 5.41) is -0.204. The summed E-state index contributed by atoms with van der Waals surface area (Å²) in [6.07, 6.45) is 14.2. The molecule has 3 fully saturated rings. The van der Waals surface area contributed by atoms with Crippen LogP contribution in [-0.2, 0) is 14.3 Å². The lowest BCUT2D eigenvalue weighted by molar-refractivity contribution is -0.152. The van der Waals surface area contributed by atoms with E-state index in [9.17, 15) is 14.4 Å². The normalized spacial score (nSPS) is 30.8. The van der Waals surface area contributed by atoms with E-state index < -0.39 is 13.7 Å². The highest BCUT2D eigenvalue weighted by Gasteiger charge is 2.58. The lowest BCUT2D eigenvalue weighted by atomic mass is 9.62. The number of fused-ring (bicyclic) bond motifs is 1. The Bertz CT molecular complexity index is 775. The SMILES string of the molecule is CCCCOC(=O)C1([C@@H](/C=C/[C@@H](C)[C@H]2CC[C@H]3C(=O)CCC[C@]23C)CC(C)(C)[Si](C)(C)O)CC1. The highest BCUT2D eigenvalue weighted by molar-refractivity contribution is 6.72. The molecule has 0 heterocycles. The van der Waals surface area contributed by atoms with Gasteiger partial charge in [-0.1, -0.05) is 53.2 Å². The van der Waals surface area contributed by atoms with E-state index in [0.29, 0.717) is 24.2 Å². The summed E-state index contributed by atoms with van der Waals surface area (Å²) in [5.41, 5.74) is -0.311. The predicted octanol–water partition coefficient (Wildman–Crippen LogP) is 7.07. The topological polar surface area (TPSA) is 63.6 Å². The molecule has 0 bridgehead atoms. The third-order valence-corrected chi connectivity index (χ3v) is 13.8. The Morgan fingerprint density at radius 3 is 2.50 bits per heavy atom. The largest absolute Gasteiger partial charge is 0.465 e. The Kier molecular flexibility index (Phi) is 8.29. The molecule has 34 heavy (non-hydrogen) atoms. The molecule has 3 rings (SSSR count). The Hall–Kier alpha value is -0.943. The first kappa shape index (κ1) is 27.6. The van der Waals surface area contributed by atoms with Gasteiger partial charge >= 0.3 is 5.97 Å². The van der Waals surface area contributed by atoms with Gasteiger partial charge in [0.15, 0.2) is 8.32 Å². The second-order valence-corrected chi connectivity index (χ2v) is 17.7. The Balaban J connectivity index is 1.81. The van der Waals surface area contributed by atoms with E-state index in [0.717, 1.165) is 64.2 Å². The summed E-state index contributed by atoms with van der Waals surface area (Å²) in [4.78, 5) is 36.8. The van der Waals surface area contributed by atoms with Crippen molar-refractivity contribution in [2.75, 3.05) is 6.61 Å². The maximum Gasteiger partial charge on any atom is 0.312 e. The van der Waals surface area contributed by atoms with Gasteiger partial charge in [0.1, 0.15) is 5.78 Å². The van der Waals surface area contributed by atoms with E-state index in [1.54, 1.807) is 0 Å². The number of hydrogen-bond donors (Lipinski definition) is 1. The third-order valence-electron chi connectivity index (χ3n) is 10.2. The number of carbonyl (C=O) groups is 2. The fourth-order valence-corrected chi connectivity index (χ4v) is 7.56. The van der Waals surface area contributed by atoms with Gasteiger partial charge in [0.05, 0.1) is 12.0 Å². The molecule has 0 aromatic heterocycles. The van der Waals surface area contributed by atoms with E-state index in [4.69, 9.17) is 4.74 Å². The first-order valence-electron chi connectivity index (χ1n) is 13.9. The van der Waals surface area contributed by atoms with Crippen LogP contribution in [0.5, 0.6) is 0 Å². The van der Waals surface area contributed by atoms with Crippen molar-refractivity contribution in [2.24, 2.45) is 34.5 Å². The van der Waals surface area contributed by atoms with Gasteiger partial charge in [-0.05, 0) is 92.7 Å². The van der Waals surface area contributed by atoms with Crippen molar-refractivity contribution in [2.45, 2.75) is 117 Å². The molecular weight excluding hydrogens is 440 g/mol. The number of hydrogen-bond acceptors (Lipinski definition) is 4. The van der Waals surface area contributed by atoms with Gasteiger partial charge in [0, 0.05) is 12.3 Å². The monoisotopic (exact) mass is 490 g/mol. The van der Waals surface area contributed by atoms with E-state index in [1.807, 2.05) is 13.1 Å². The second-order valence-electron chi connectivity index (χ2n) is 13.2. The van der Waals surface area contributed by atoms with Gasteiger partial charge in [-0.2, -0.15) is 0 Å². The number of esters is 1. The molecule has 0 aromatic rings. The molecule has 0 unspecified atom stereocenters. The van der Waals surface area contributed by atoms with Crippen molar-refractivity contribution < 1.29 is 19.1 Å². The van der Waals surface area contributed by atoms with E-state index in [1.165, 1.54) is 0 Å². The lowest BCUT2D eigenvalue weighted by Crippen LogP contribution is -2.42. The molecule has 0 amide bonds. The third kappa shape index (κ3) is 5.40. The zero-order valence-corrected chi connectivity index (χ0v) is 23.9. The summed E-state index contributed by atoms with van der Waals surface area (Å²) in [6.45, 7) is 15.6. The number of ether oxygens (including phenoxy) is 1. The van der Waals surface area contributed by atoms with Crippen LogP contribution in [0.4, 0.5) is 0 Å². The number of rotatable bonds is 11. The van der Waals surface area contributed by atoms with Crippen LogP contribution in [0, 0.1) is 34.5 Å². The Labute approximate surface area is 209 Å². The summed E-state index contributed by atoms with van der Waals surface area (Å²) >= 11 is 0. The fraction of sp³-hybridized carbons (Fsp3) is 0.862. The first-order valence-corrected chi connectivity index (χ1v) is 16.8. The molecular formula is C29H50O4Si. The minimum Gasteiger partial charge on any atom is -0.465 e. The average molecular weight is 491 g/mol. The molecule has 0 spiro atoms. The van der Waals surface area contributed by atoms with Crippen LogP contribution in [0.2, 0.25) is 18.1 Å². The van der Waals surface area contributed by atoms with Crippen LogP contribution in [0.25, 0.3) is 0 Å². The summed E-state index contributed by atoms with van der Waals surface area (Å²) < 4.78 is 5.73. The average Bonchev–Trinajstić information content (AvgIpc) is 3.47. The number of allylic oxidation sites excluding steroid dienone is 2. The summed E-state index contributed by atoms with van der Waals surface area (Å²) in [7, 11) is -2.41. The van der Waals surface area contributed by atoms with Crippen LogP contribution >= 0.6 is 0 Å². The number of Topliss-reactive ketones (excluding diaryl/α,β-unsaturated/α-hetero) is 1. The van der Waals surface area contributed by atoms with Gasteiger partial charge in [-0.3, -0.25) is 9.59 Å². The molecule has 5 heteroatoms. The Morgan fingerprint density at radius 2 is 1.91 bits per heavy atom. The summed E-state index contributed by atoms with van der Waals surface area (Å²) in [6, 6.07) is 0. The van der Waals surface area contributed by atoms with Crippen molar-refractivity contribution in [1.29, 1.82) is 0 Å². The van der Waals surface area contributed by atoms with Crippen LogP contribution in [0.15, 0.2) is 12.2 Å². The van der Waals surface area contributed by atoms with E-state index in [-0.39, 0.29) is 28.3 Å². The lowest BCUT2D eigenvalue weighted by Gasteiger charge is -2.42. The van der Waals surface area contributed by atoms with Crippen molar-refractivity contribution in [3.05, 3.63) is 12.2 Å². The van der Waals surface area contributed by atoms with Crippen molar-refractivity contribution in [3.8, 4) is 0 Å². The minimum absolute atomic E-state index is 0.0396. The molecule has 3 saturated carbocycles. The molecule has 3 aliphatic carbocycles. The molecule has 5 atom stereocenters. The van der Waals surface area contributed by atoms with Gasteiger partial charge in [0.2, 0.25) is 0 Å². The summed E-state index contributed by atoms with van der Waals surface area (Å²) in [5.74, 6) is 1.65. The highest BCUT2D eigenvalue weighted by atomic mass is 28.4. The molecule has 3 aliphatic rings. The molecule has 0 radical (unpaired) electrons. The molecule has 0 aromatic carbocycles. The van der Waals surface area contributed by atoms with Crippen LogP contribution < -0.4 is 0 Å². The fourth-order valence-electron chi connectivity index (χ4n) is 6.84.